The lowest BCUT2D eigenvalue weighted by atomic mass is 10.1. The van der Waals surface area contributed by atoms with Gasteiger partial charge < -0.3 is 10.2 Å². The molecule has 1 aliphatic carbocycles. The predicted octanol–water partition coefficient (Wildman–Crippen LogP) is 4.43. The van der Waals surface area contributed by atoms with Crippen LogP contribution in [0.5, 0.6) is 0 Å². The Kier molecular flexibility index (Phi) is 8.58. The molecule has 0 aromatic heterocycles. The van der Waals surface area contributed by atoms with Gasteiger partial charge >= 0.3 is 0 Å². The summed E-state index contributed by atoms with van der Waals surface area (Å²) in [5, 5.41) is 2.76. The Morgan fingerprint density at radius 1 is 1.03 bits per heavy atom. The van der Waals surface area contributed by atoms with Gasteiger partial charge in [0, 0.05) is 65.6 Å². The Bertz CT molecular complexity index is 1480. The first kappa shape index (κ1) is 27.7. The lowest BCUT2D eigenvalue weighted by molar-refractivity contribution is -0.114. The number of sulfonamides is 1. The Balaban J connectivity index is 0.00000294. The van der Waals surface area contributed by atoms with Gasteiger partial charge in [-0.2, -0.15) is 0 Å². The van der Waals surface area contributed by atoms with Crippen molar-refractivity contribution in [1.29, 1.82) is 0 Å². The van der Waals surface area contributed by atoms with E-state index >= 15 is 0 Å². The number of carbonyl (C=O) groups is 2. The van der Waals surface area contributed by atoms with Crippen LogP contribution < -0.4 is 10.0 Å². The molecule has 4 rings (SSSR count). The van der Waals surface area contributed by atoms with Crippen molar-refractivity contribution in [1.82, 2.24) is 9.80 Å². The fourth-order valence-electron chi connectivity index (χ4n) is 4.36. The summed E-state index contributed by atoms with van der Waals surface area (Å²) in [6.45, 7) is 12.3. The number of nitrogens with zero attached hydrogens (tertiary/aromatic N) is 3. The number of hydrogen-bond donors (Lipinski definition) is 2. The highest BCUT2D eigenvalue weighted by atomic mass is 32.2. The highest BCUT2D eigenvalue weighted by molar-refractivity contribution is 7.97. The number of amides is 2. The zero-order valence-electron chi connectivity index (χ0n) is 21.8. The molecule has 1 heterocycles. The molecule has 2 aromatic rings. The molecule has 1 saturated heterocycles. The number of hydrogen-bond acceptors (Lipinski definition) is 6. The monoisotopic (exact) mass is 549 g/mol. The number of benzene rings is 2. The van der Waals surface area contributed by atoms with Gasteiger partial charge in [-0.1, -0.05) is 37.4 Å². The predicted molar refractivity (Wildman–Crippen MR) is 159 cm³/mol. The minimum absolute atomic E-state index is 0. The van der Waals surface area contributed by atoms with Gasteiger partial charge in [-0.3, -0.25) is 24.2 Å². The second-order valence-electron chi connectivity index (χ2n) is 9.20. The summed E-state index contributed by atoms with van der Waals surface area (Å²) in [6, 6.07) is 14.1. The molecular formula is C29H35N5O4S. The van der Waals surface area contributed by atoms with Crippen LogP contribution >= 0.6 is 0 Å². The number of carbonyl (C=O) groups excluding carboxylic acids is 2. The molecule has 39 heavy (non-hydrogen) atoms. The van der Waals surface area contributed by atoms with Crippen molar-refractivity contribution in [2.75, 3.05) is 36.2 Å². The largest absolute Gasteiger partial charge is 0.336 e. The lowest BCUT2D eigenvalue weighted by Crippen LogP contribution is -2.48. The van der Waals surface area contributed by atoms with Crippen molar-refractivity contribution in [3.63, 3.8) is 0 Å². The Labute approximate surface area is 231 Å². The van der Waals surface area contributed by atoms with Crippen molar-refractivity contribution < 1.29 is 20.9 Å². The second kappa shape index (κ2) is 12.1. The molecule has 206 valence electrons. The van der Waals surface area contributed by atoms with Crippen LogP contribution in [0.4, 0.5) is 11.4 Å². The average molecular weight is 550 g/mol. The average Bonchev–Trinajstić information content (AvgIpc) is 2.91. The molecule has 10 heteroatoms. The van der Waals surface area contributed by atoms with E-state index in [1.807, 2.05) is 24.3 Å². The lowest BCUT2D eigenvalue weighted by Gasteiger charge is -2.34. The summed E-state index contributed by atoms with van der Waals surface area (Å²) in [7, 11) is -3.93. The van der Waals surface area contributed by atoms with Crippen LogP contribution in [-0.2, 0) is 21.4 Å². The van der Waals surface area contributed by atoms with Crippen molar-refractivity contribution in [3.8, 4) is 0 Å². The number of anilines is 2. The van der Waals surface area contributed by atoms with Crippen LogP contribution in [-0.4, -0.2) is 61.9 Å². The van der Waals surface area contributed by atoms with Gasteiger partial charge in [0.2, 0.25) is 5.91 Å². The number of rotatable bonds is 8. The summed E-state index contributed by atoms with van der Waals surface area (Å²) >= 11 is 0. The normalized spacial score (nSPS) is 17.1. The fraction of sp³-hybridized carbons (Fsp3) is 0.207. The topological polar surface area (TPSA) is 111 Å². The molecule has 0 unspecified atom stereocenters. The van der Waals surface area contributed by atoms with Gasteiger partial charge in [0.05, 0.1) is 5.71 Å². The summed E-state index contributed by atoms with van der Waals surface area (Å²) < 4.78 is 28.6. The van der Waals surface area contributed by atoms with Gasteiger partial charge in [-0.15, -0.1) is 0 Å². The molecule has 0 atom stereocenters. The van der Waals surface area contributed by atoms with Crippen molar-refractivity contribution in [2.24, 2.45) is 4.99 Å². The van der Waals surface area contributed by atoms with Gasteiger partial charge in [0.15, 0.2) is 0 Å². The van der Waals surface area contributed by atoms with Crippen molar-refractivity contribution in [3.05, 3.63) is 108 Å². The Hall–Kier alpha value is -4.28. The standard InChI is InChI=1S/C29H31N5O4S.2H2/c1-4-30-28-21(2)6-5-7-27(28)39(37,38)32-26-14-10-24(11-15-26)29(36)34-18-16-33(17-19-34)20-23-8-12-25(13-9-23)31-22(3)35;;/h4-15,32H,1-2,16-20H2,3H3,(H,31,35);2*1H. The molecule has 1 aliphatic heterocycles. The van der Waals surface area contributed by atoms with E-state index in [-0.39, 0.29) is 25.3 Å². The van der Waals surface area contributed by atoms with Gasteiger partial charge in [0.1, 0.15) is 4.91 Å². The molecule has 2 aromatic carbocycles. The Morgan fingerprint density at radius 2 is 1.67 bits per heavy atom. The summed E-state index contributed by atoms with van der Waals surface area (Å²) in [4.78, 5) is 32.4. The number of allylic oxidation sites excluding steroid dienone is 5. The van der Waals surface area contributed by atoms with E-state index in [0.717, 1.165) is 30.9 Å². The molecule has 0 radical (unpaired) electrons. The molecule has 2 N–H and O–H groups in total. The SMILES string of the molecule is C=CN=C1C(=C)C=CC=C1S(=O)(=O)Nc1ccc(C(=O)N2CCN(Cc3ccc(NC(C)=O)cc3)CC2)cc1.[HH].[HH]. The van der Waals surface area contributed by atoms with E-state index < -0.39 is 10.0 Å². The van der Waals surface area contributed by atoms with E-state index in [4.69, 9.17) is 0 Å². The third-order valence-corrected chi connectivity index (χ3v) is 7.73. The maximum Gasteiger partial charge on any atom is 0.264 e. The van der Waals surface area contributed by atoms with E-state index in [9.17, 15) is 18.0 Å². The molecule has 0 bridgehead atoms. The fourth-order valence-corrected chi connectivity index (χ4v) is 5.61. The van der Waals surface area contributed by atoms with Crippen molar-refractivity contribution in [2.45, 2.75) is 13.5 Å². The van der Waals surface area contributed by atoms with Crippen molar-refractivity contribution >= 4 is 38.9 Å². The summed E-state index contributed by atoms with van der Waals surface area (Å²) in [5.74, 6) is -0.200. The van der Waals surface area contributed by atoms with Crippen LogP contribution in [0, 0.1) is 0 Å². The molecule has 1 fully saturated rings. The number of piperazine rings is 1. The molecule has 9 nitrogen and oxygen atoms in total. The highest BCUT2D eigenvalue weighted by Crippen LogP contribution is 2.23. The van der Waals surface area contributed by atoms with Crippen LogP contribution in [0.3, 0.4) is 0 Å². The molecule has 0 spiro atoms. The zero-order valence-corrected chi connectivity index (χ0v) is 22.6. The quantitative estimate of drug-likeness (QED) is 0.506. The van der Waals surface area contributed by atoms with Crippen LogP contribution in [0.1, 0.15) is 25.7 Å². The third kappa shape index (κ3) is 6.98. The summed E-state index contributed by atoms with van der Waals surface area (Å²) in [5.41, 5.74) is 3.42. The third-order valence-electron chi connectivity index (χ3n) is 6.32. The summed E-state index contributed by atoms with van der Waals surface area (Å²) in [6.07, 6.45) is 6.01. The van der Waals surface area contributed by atoms with Gasteiger partial charge in [-0.05, 0) is 53.6 Å². The van der Waals surface area contributed by atoms with Crippen LogP contribution in [0.25, 0.3) is 0 Å². The number of aliphatic imine (C=N–C) groups is 1. The maximum atomic E-state index is 13.1. The smallest absolute Gasteiger partial charge is 0.264 e. The first-order valence-electron chi connectivity index (χ1n) is 12.4. The highest BCUT2D eigenvalue weighted by Gasteiger charge is 2.26. The van der Waals surface area contributed by atoms with Gasteiger partial charge in [0.25, 0.3) is 15.9 Å². The second-order valence-corrected chi connectivity index (χ2v) is 10.9. The van der Waals surface area contributed by atoms with E-state index in [2.05, 4.69) is 33.1 Å². The van der Waals surface area contributed by atoms with Crippen LogP contribution in [0.2, 0.25) is 0 Å². The minimum Gasteiger partial charge on any atom is -0.336 e. The number of nitrogens with one attached hydrogen (secondary N) is 2. The maximum absolute atomic E-state index is 13.1. The van der Waals surface area contributed by atoms with E-state index in [0.29, 0.717) is 29.9 Å². The zero-order chi connectivity index (χ0) is 28.0. The first-order chi connectivity index (χ1) is 18.7. The molecule has 0 saturated carbocycles. The first-order valence-corrected chi connectivity index (χ1v) is 13.9. The molecule has 2 aliphatic rings. The minimum atomic E-state index is -3.93. The Morgan fingerprint density at radius 3 is 2.28 bits per heavy atom. The molecular weight excluding hydrogens is 514 g/mol. The van der Waals surface area contributed by atoms with E-state index in [1.54, 1.807) is 41.3 Å². The molecule has 2 amide bonds. The van der Waals surface area contributed by atoms with Crippen LogP contribution in [0.15, 0.2) is 102 Å². The van der Waals surface area contributed by atoms with E-state index in [1.165, 1.54) is 19.2 Å². The van der Waals surface area contributed by atoms with Gasteiger partial charge in [-0.25, -0.2) is 8.42 Å².